The van der Waals surface area contributed by atoms with Gasteiger partial charge >= 0.3 is 0 Å². The molecule has 2 atom stereocenters. The van der Waals surface area contributed by atoms with Crippen LogP contribution in [0, 0.1) is 0 Å². The van der Waals surface area contributed by atoms with E-state index in [9.17, 15) is 24.0 Å². The molecule has 0 bridgehead atoms. The molecule has 4 aliphatic heterocycles. The molecular weight excluding hydrogens is 725 g/mol. The Morgan fingerprint density at radius 3 is 2.35 bits per heavy atom. The molecule has 0 aliphatic carbocycles. The zero-order chi connectivity index (χ0) is 40.1. The van der Waals surface area contributed by atoms with Crippen LogP contribution in [0.2, 0.25) is 0 Å². The molecule has 3 N–H and O–H groups in total. The van der Waals surface area contributed by atoms with Crippen molar-refractivity contribution >= 4 is 58.5 Å². The van der Waals surface area contributed by atoms with Crippen LogP contribution in [0.25, 0.3) is 10.9 Å². The molecule has 0 saturated carbocycles. The Hall–Kier alpha value is -5.67. The van der Waals surface area contributed by atoms with Crippen molar-refractivity contribution in [3.63, 3.8) is 0 Å². The van der Waals surface area contributed by atoms with E-state index in [2.05, 4.69) is 64.4 Å². The Balaban J connectivity index is 0.000000241. The predicted molar refractivity (Wildman–Crippen MR) is 219 cm³/mol. The number of amides is 3. The highest BCUT2D eigenvalue weighted by atomic mass is 16.2. The van der Waals surface area contributed by atoms with Crippen molar-refractivity contribution < 1.29 is 24.0 Å². The number of piperazine rings is 1. The molecule has 1 aromatic carbocycles. The molecule has 57 heavy (non-hydrogen) atoms. The monoisotopic (exact) mass is 776 g/mol. The third-order valence-electron chi connectivity index (χ3n) is 11.9. The number of pyridine rings is 2. The van der Waals surface area contributed by atoms with Crippen molar-refractivity contribution in [1.82, 2.24) is 35.0 Å². The summed E-state index contributed by atoms with van der Waals surface area (Å²) in [6.45, 7) is 6.12. The van der Waals surface area contributed by atoms with Crippen molar-refractivity contribution in [2.24, 2.45) is 0 Å². The Bertz CT molecular complexity index is 2090. The van der Waals surface area contributed by atoms with Crippen LogP contribution in [0.5, 0.6) is 0 Å². The van der Waals surface area contributed by atoms with Crippen LogP contribution < -0.4 is 20.4 Å². The predicted octanol–water partition coefficient (Wildman–Crippen LogP) is 3.75. The minimum Gasteiger partial charge on any atom is -0.373 e. The van der Waals surface area contributed by atoms with E-state index in [0.29, 0.717) is 40.7 Å². The van der Waals surface area contributed by atoms with Gasteiger partial charge in [-0.2, -0.15) is 0 Å². The fraction of sp³-hybridized carbons (Fsp3) is 0.452. The molecule has 3 amide bonds. The summed E-state index contributed by atoms with van der Waals surface area (Å²) in [5.74, 6) is 0.583. The molecule has 7 heterocycles. The highest BCUT2D eigenvalue weighted by Crippen LogP contribution is 2.35. The first-order chi connectivity index (χ1) is 27.7. The molecule has 0 spiro atoms. The lowest BCUT2D eigenvalue weighted by molar-refractivity contribution is -0.121. The Morgan fingerprint density at radius 1 is 0.912 bits per heavy atom. The standard InChI is InChI=1S/C29H34N6O5.C13H18N4/c1-30-26(38)8-6-22(19-37)35-28(39)23-3-2-4-24(27(23)29(35)40)33-15-13-32(14-16-33)21-9-11-34(12-10-21)25-7-5-20(18-36)17-31-25;1-14-13-7-10-9(8-15-13)6-11(16-10)12-4-3-5-17(12)2/h2-5,7,17-19,21-22H,6,8-16H2,1H3,(H,30,38);6-8,12,16H,3-5H2,1-2H3,(H,14,15). The third kappa shape index (κ3) is 8.40. The second-order valence-electron chi connectivity index (χ2n) is 15.2. The van der Waals surface area contributed by atoms with Gasteiger partial charge in [-0.1, -0.05) is 6.07 Å². The van der Waals surface area contributed by atoms with Gasteiger partial charge < -0.3 is 30.2 Å². The topological polar surface area (TPSA) is 167 Å². The second-order valence-corrected chi connectivity index (χ2v) is 15.2. The summed E-state index contributed by atoms with van der Waals surface area (Å²) < 4.78 is 0. The maximum atomic E-state index is 13.5. The van der Waals surface area contributed by atoms with Gasteiger partial charge in [-0.3, -0.25) is 33.9 Å². The summed E-state index contributed by atoms with van der Waals surface area (Å²) in [4.78, 5) is 83.7. The van der Waals surface area contributed by atoms with Gasteiger partial charge in [0.25, 0.3) is 11.8 Å². The number of hydrogen-bond donors (Lipinski definition) is 3. The van der Waals surface area contributed by atoms with Gasteiger partial charge in [0.05, 0.1) is 28.4 Å². The number of anilines is 3. The summed E-state index contributed by atoms with van der Waals surface area (Å²) >= 11 is 0. The highest BCUT2D eigenvalue weighted by molar-refractivity contribution is 6.24. The van der Waals surface area contributed by atoms with Crippen LogP contribution >= 0.6 is 0 Å². The van der Waals surface area contributed by atoms with Crippen LogP contribution in [0.1, 0.15) is 81.3 Å². The van der Waals surface area contributed by atoms with Gasteiger partial charge in [0.15, 0.2) is 6.29 Å². The lowest BCUT2D eigenvalue weighted by atomic mass is 10.0. The van der Waals surface area contributed by atoms with E-state index in [1.807, 2.05) is 25.4 Å². The molecule has 0 radical (unpaired) electrons. The molecule has 15 nitrogen and oxygen atoms in total. The molecule has 2 unspecified atom stereocenters. The van der Waals surface area contributed by atoms with Crippen LogP contribution in [0.15, 0.2) is 54.9 Å². The fourth-order valence-corrected chi connectivity index (χ4v) is 8.62. The van der Waals surface area contributed by atoms with E-state index in [4.69, 9.17) is 0 Å². The minimum atomic E-state index is -0.988. The van der Waals surface area contributed by atoms with Crippen LogP contribution in [0.4, 0.5) is 17.3 Å². The number of nitrogens with one attached hydrogen (secondary N) is 3. The number of carbonyl (C=O) groups excluding carboxylic acids is 5. The van der Waals surface area contributed by atoms with Gasteiger partial charge in [0, 0.05) is 107 Å². The summed E-state index contributed by atoms with van der Waals surface area (Å²) in [6, 6.07) is 13.3. The Morgan fingerprint density at radius 2 is 1.70 bits per heavy atom. The molecule has 3 saturated heterocycles. The van der Waals surface area contributed by atoms with E-state index >= 15 is 0 Å². The number of aldehydes is 2. The Kier molecular flexibility index (Phi) is 12.2. The normalized spacial score (nSPS) is 19.6. The highest BCUT2D eigenvalue weighted by Gasteiger charge is 2.42. The summed E-state index contributed by atoms with van der Waals surface area (Å²) in [5.41, 5.74) is 4.42. The molecule has 3 fully saturated rings. The van der Waals surface area contributed by atoms with Crippen molar-refractivity contribution in [1.29, 1.82) is 0 Å². The molecule has 300 valence electrons. The molecule has 8 rings (SSSR count). The van der Waals surface area contributed by atoms with Crippen LogP contribution in [0.3, 0.4) is 0 Å². The zero-order valence-corrected chi connectivity index (χ0v) is 32.9. The molecule has 15 heteroatoms. The smallest absolute Gasteiger partial charge is 0.264 e. The number of nitrogens with zero attached hydrogens (tertiary/aromatic N) is 7. The molecular formula is C42H52N10O5. The molecule has 4 aliphatic rings. The number of hydrogen-bond acceptors (Lipinski definition) is 12. The zero-order valence-electron chi connectivity index (χ0n) is 32.9. The van der Waals surface area contributed by atoms with E-state index < -0.39 is 17.9 Å². The Labute approximate surface area is 332 Å². The van der Waals surface area contributed by atoms with Gasteiger partial charge in [-0.25, -0.2) is 9.97 Å². The van der Waals surface area contributed by atoms with Gasteiger partial charge in [-0.15, -0.1) is 0 Å². The lowest BCUT2D eigenvalue weighted by Gasteiger charge is -2.43. The van der Waals surface area contributed by atoms with Gasteiger partial charge in [0.2, 0.25) is 5.91 Å². The quantitative estimate of drug-likeness (QED) is 0.149. The second kappa shape index (κ2) is 17.6. The molecule has 4 aromatic rings. The number of carbonyl (C=O) groups is 5. The maximum Gasteiger partial charge on any atom is 0.264 e. The average molecular weight is 777 g/mol. The van der Waals surface area contributed by atoms with Crippen molar-refractivity contribution in [3.8, 4) is 0 Å². The van der Waals surface area contributed by atoms with Crippen LogP contribution in [-0.4, -0.2) is 139 Å². The first-order valence-corrected chi connectivity index (χ1v) is 19.9. The SMILES string of the molecule is CNC(=O)CCC(C=O)N1C(=O)c2cccc(N3CCN(C4CCN(c5ccc(C=O)cn5)CC4)CC3)c2C1=O.CNc1cc2[nH]c(C3CCCN3C)cc2cn1. The summed E-state index contributed by atoms with van der Waals surface area (Å²) in [6.07, 6.45) is 9.60. The first-order valence-electron chi connectivity index (χ1n) is 19.9. The van der Waals surface area contributed by atoms with Crippen molar-refractivity contribution in [2.75, 3.05) is 82.1 Å². The van der Waals surface area contributed by atoms with E-state index in [1.165, 1.54) is 43.0 Å². The van der Waals surface area contributed by atoms with E-state index in [1.54, 1.807) is 24.4 Å². The van der Waals surface area contributed by atoms with Gasteiger partial charge in [0.1, 0.15) is 17.9 Å². The molecule has 3 aromatic heterocycles. The number of fused-ring (bicyclic) bond motifs is 2. The maximum absolute atomic E-state index is 13.5. The minimum absolute atomic E-state index is 0.0457. The lowest BCUT2D eigenvalue weighted by Crippen LogP contribution is -2.53. The third-order valence-corrected chi connectivity index (χ3v) is 11.9. The largest absolute Gasteiger partial charge is 0.373 e. The number of imide groups is 1. The number of likely N-dealkylation sites (tertiary alicyclic amines) is 1. The summed E-state index contributed by atoms with van der Waals surface area (Å²) in [5, 5.41) is 6.76. The number of rotatable bonds is 11. The van der Waals surface area contributed by atoms with Crippen molar-refractivity contribution in [3.05, 3.63) is 77.2 Å². The average Bonchev–Trinajstić information content (AvgIpc) is 3.96. The van der Waals surface area contributed by atoms with Gasteiger partial charge in [-0.05, 0) is 76.0 Å². The van der Waals surface area contributed by atoms with E-state index in [0.717, 1.165) is 74.9 Å². The number of aromatic nitrogens is 3. The number of benzene rings is 1. The van der Waals surface area contributed by atoms with E-state index in [-0.39, 0.29) is 18.7 Å². The number of piperidine rings is 1. The van der Waals surface area contributed by atoms with Crippen LogP contribution in [-0.2, 0) is 9.59 Å². The number of aromatic amines is 1. The first kappa shape index (κ1) is 39.6. The fourth-order valence-electron chi connectivity index (χ4n) is 8.62. The van der Waals surface area contributed by atoms with Crippen molar-refractivity contribution in [2.45, 2.75) is 56.7 Å². The summed E-state index contributed by atoms with van der Waals surface area (Å²) in [7, 11) is 5.59. The number of H-pyrrole nitrogens is 1.